The van der Waals surface area contributed by atoms with E-state index in [0.29, 0.717) is 5.76 Å². The van der Waals surface area contributed by atoms with Crippen molar-refractivity contribution in [3.63, 3.8) is 0 Å². The van der Waals surface area contributed by atoms with E-state index in [1.54, 1.807) is 37.3 Å². The maximum absolute atomic E-state index is 12.1. The van der Waals surface area contributed by atoms with Gasteiger partial charge in [0.2, 0.25) is 10.0 Å². The van der Waals surface area contributed by atoms with E-state index in [-0.39, 0.29) is 4.90 Å². The van der Waals surface area contributed by atoms with Gasteiger partial charge in [0, 0.05) is 0 Å². The Labute approximate surface area is 107 Å². The van der Waals surface area contributed by atoms with E-state index in [4.69, 9.17) is 4.42 Å². The standard InChI is InChI=1S/C13H15NO3S/c1-10-5-3-6-12(9-10)18(15,16)14-11(2)13-7-4-8-17-13/h3-9,11,14H,1-2H3. The van der Waals surface area contributed by atoms with Gasteiger partial charge in [-0.15, -0.1) is 0 Å². The fourth-order valence-electron chi connectivity index (χ4n) is 1.68. The Balaban J connectivity index is 2.22. The maximum Gasteiger partial charge on any atom is 0.241 e. The average Bonchev–Trinajstić information content (AvgIpc) is 2.82. The van der Waals surface area contributed by atoms with Crippen molar-refractivity contribution in [1.29, 1.82) is 0 Å². The van der Waals surface area contributed by atoms with Crippen molar-refractivity contribution in [2.75, 3.05) is 0 Å². The number of benzene rings is 1. The van der Waals surface area contributed by atoms with Gasteiger partial charge < -0.3 is 4.42 Å². The summed E-state index contributed by atoms with van der Waals surface area (Å²) in [6.45, 7) is 3.60. The minimum atomic E-state index is -3.52. The molecule has 18 heavy (non-hydrogen) atoms. The number of hydrogen-bond acceptors (Lipinski definition) is 3. The lowest BCUT2D eigenvalue weighted by atomic mass is 10.2. The largest absolute Gasteiger partial charge is 0.468 e. The second-order valence-electron chi connectivity index (χ2n) is 4.17. The van der Waals surface area contributed by atoms with Crippen LogP contribution in [-0.4, -0.2) is 8.42 Å². The highest BCUT2D eigenvalue weighted by molar-refractivity contribution is 7.89. The van der Waals surface area contributed by atoms with E-state index in [0.717, 1.165) is 5.56 Å². The number of hydrogen-bond donors (Lipinski definition) is 1. The molecule has 5 heteroatoms. The highest BCUT2D eigenvalue weighted by Gasteiger charge is 2.19. The first-order valence-electron chi connectivity index (χ1n) is 5.61. The van der Waals surface area contributed by atoms with Crippen LogP contribution in [0.15, 0.2) is 52.0 Å². The lowest BCUT2D eigenvalue weighted by Gasteiger charge is -2.12. The SMILES string of the molecule is Cc1cccc(S(=O)(=O)NC(C)c2ccco2)c1. The molecular weight excluding hydrogens is 250 g/mol. The first kappa shape index (κ1) is 12.9. The van der Waals surface area contributed by atoms with Crippen molar-refractivity contribution < 1.29 is 12.8 Å². The minimum Gasteiger partial charge on any atom is -0.468 e. The molecule has 0 bridgehead atoms. The van der Waals surface area contributed by atoms with E-state index < -0.39 is 16.1 Å². The Kier molecular flexibility index (Phi) is 3.54. The van der Waals surface area contributed by atoms with Crippen LogP contribution in [0, 0.1) is 6.92 Å². The molecule has 1 aromatic carbocycles. The fraction of sp³-hybridized carbons (Fsp3) is 0.231. The molecule has 0 spiro atoms. The highest BCUT2D eigenvalue weighted by Crippen LogP contribution is 2.17. The van der Waals surface area contributed by atoms with E-state index >= 15 is 0 Å². The molecule has 2 rings (SSSR count). The lowest BCUT2D eigenvalue weighted by molar-refractivity contribution is 0.459. The van der Waals surface area contributed by atoms with Crippen LogP contribution in [-0.2, 0) is 10.0 Å². The molecule has 0 aliphatic heterocycles. The van der Waals surface area contributed by atoms with Gasteiger partial charge in [-0.3, -0.25) is 0 Å². The molecule has 0 aliphatic rings. The predicted molar refractivity (Wildman–Crippen MR) is 68.6 cm³/mol. The summed E-state index contributed by atoms with van der Waals surface area (Å²) in [5, 5.41) is 0. The van der Waals surface area contributed by atoms with Crippen molar-refractivity contribution in [3.05, 3.63) is 54.0 Å². The molecule has 4 nitrogen and oxygen atoms in total. The molecule has 0 radical (unpaired) electrons. The molecule has 0 saturated carbocycles. The van der Waals surface area contributed by atoms with Crippen LogP contribution in [0.2, 0.25) is 0 Å². The Morgan fingerprint density at radius 3 is 2.61 bits per heavy atom. The van der Waals surface area contributed by atoms with Crippen LogP contribution >= 0.6 is 0 Å². The van der Waals surface area contributed by atoms with Crippen molar-refractivity contribution >= 4 is 10.0 Å². The molecule has 0 saturated heterocycles. The third-order valence-corrected chi connectivity index (χ3v) is 4.14. The van der Waals surface area contributed by atoms with E-state index in [2.05, 4.69) is 4.72 Å². The van der Waals surface area contributed by atoms with Gasteiger partial charge in [0.1, 0.15) is 5.76 Å². The van der Waals surface area contributed by atoms with Crippen molar-refractivity contribution in [1.82, 2.24) is 4.72 Å². The first-order valence-corrected chi connectivity index (χ1v) is 7.10. The van der Waals surface area contributed by atoms with Crippen LogP contribution in [0.5, 0.6) is 0 Å². The van der Waals surface area contributed by atoms with E-state index in [1.165, 1.54) is 6.26 Å². The zero-order valence-electron chi connectivity index (χ0n) is 10.3. The first-order chi connectivity index (χ1) is 8.49. The molecule has 0 aliphatic carbocycles. The zero-order valence-corrected chi connectivity index (χ0v) is 11.1. The fourth-order valence-corrected chi connectivity index (χ4v) is 3.00. The predicted octanol–water partition coefficient (Wildman–Crippen LogP) is 2.63. The van der Waals surface area contributed by atoms with Crippen LogP contribution in [0.4, 0.5) is 0 Å². The minimum absolute atomic E-state index is 0.265. The molecule has 96 valence electrons. The van der Waals surface area contributed by atoms with Gasteiger partial charge in [0.05, 0.1) is 17.2 Å². The summed E-state index contributed by atoms with van der Waals surface area (Å²) >= 11 is 0. The number of sulfonamides is 1. The topological polar surface area (TPSA) is 59.3 Å². The summed E-state index contributed by atoms with van der Waals surface area (Å²) in [6.07, 6.45) is 1.52. The summed E-state index contributed by atoms with van der Waals surface area (Å²) in [7, 11) is -3.52. The summed E-state index contributed by atoms with van der Waals surface area (Å²) in [5.41, 5.74) is 0.906. The van der Waals surface area contributed by atoms with Crippen molar-refractivity contribution in [3.8, 4) is 0 Å². The van der Waals surface area contributed by atoms with Gasteiger partial charge in [0.15, 0.2) is 0 Å². The highest BCUT2D eigenvalue weighted by atomic mass is 32.2. The molecule has 1 heterocycles. The van der Waals surface area contributed by atoms with Crippen LogP contribution in [0.1, 0.15) is 24.3 Å². The number of nitrogens with one attached hydrogen (secondary N) is 1. The normalized spacial score (nSPS) is 13.4. The summed E-state index contributed by atoms with van der Waals surface area (Å²) < 4.78 is 32.0. The molecule has 0 amide bonds. The van der Waals surface area contributed by atoms with Crippen molar-refractivity contribution in [2.45, 2.75) is 24.8 Å². The lowest BCUT2D eigenvalue weighted by Crippen LogP contribution is -2.26. The van der Waals surface area contributed by atoms with E-state index in [9.17, 15) is 8.42 Å². The number of furan rings is 1. The van der Waals surface area contributed by atoms with Gasteiger partial charge in [-0.25, -0.2) is 13.1 Å². The molecule has 0 fully saturated rings. The molecule has 1 aromatic heterocycles. The van der Waals surface area contributed by atoms with Crippen molar-refractivity contribution in [2.24, 2.45) is 0 Å². The summed E-state index contributed by atoms with van der Waals surface area (Å²) in [6, 6.07) is 9.86. The number of aryl methyl sites for hydroxylation is 1. The smallest absolute Gasteiger partial charge is 0.241 e. The monoisotopic (exact) mass is 265 g/mol. The average molecular weight is 265 g/mol. The van der Waals surface area contributed by atoms with Crippen LogP contribution < -0.4 is 4.72 Å². The van der Waals surface area contributed by atoms with Gasteiger partial charge in [-0.1, -0.05) is 12.1 Å². The Morgan fingerprint density at radius 1 is 1.22 bits per heavy atom. The molecule has 1 atom stereocenters. The van der Waals surface area contributed by atoms with E-state index in [1.807, 2.05) is 13.0 Å². The third kappa shape index (κ3) is 2.80. The quantitative estimate of drug-likeness (QED) is 0.924. The van der Waals surface area contributed by atoms with Gasteiger partial charge in [0.25, 0.3) is 0 Å². The van der Waals surface area contributed by atoms with Gasteiger partial charge in [-0.05, 0) is 43.7 Å². The zero-order chi connectivity index (χ0) is 13.2. The molecular formula is C13H15NO3S. The second kappa shape index (κ2) is 4.96. The second-order valence-corrected chi connectivity index (χ2v) is 5.89. The van der Waals surface area contributed by atoms with Crippen LogP contribution in [0.25, 0.3) is 0 Å². The van der Waals surface area contributed by atoms with Gasteiger partial charge >= 0.3 is 0 Å². The molecule has 1 unspecified atom stereocenters. The Bertz CT molecular complexity index is 617. The molecule has 2 aromatic rings. The maximum atomic E-state index is 12.1. The summed E-state index contributed by atoms with van der Waals surface area (Å²) in [4.78, 5) is 0.265. The number of rotatable bonds is 4. The third-order valence-electron chi connectivity index (χ3n) is 2.60. The molecule has 1 N–H and O–H groups in total. The van der Waals surface area contributed by atoms with Crippen LogP contribution in [0.3, 0.4) is 0 Å². The van der Waals surface area contributed by atoms with Gasteiger partial charge in [-0.2, -0.15) is 0 Å². The Morgan fingerprint density at radius 2 is 2.00 bits per heavy atom. The summed E-state index contributed by atoms with van der Waals surface area (Å²) in [5.74, 6) is 0.589. The Hall–Kier alpha value is -1.59.